The van der Waals surface area contributed by atoms with Crippen molar-refractivity contribution in [3.8, 4) is 5.75 Å². The number of rotatable bonds is 4. The quantitative estimate of drug-likeness (QED) is 0.912. The highest BCUT2D eigenvalue weighted by molar-refractivity contribution is 7.09. The Kier molecular flexibility index (Phi) is 3.78. The van der Waals surface area contributed by atoms with E-state index in [2.05, 4.69) is 5.32 Å². The van der Waals surface area contributed by atoms with E-state index in [1.54, 1.807) is 11.3 Å². The maximum atomic E-state index is 11.7. The van der Waals surface area contributed by atoms with E-state index in [0.717, 1.165) is 17.2 Å². The minimum atomic E-state index is -0.428. The Balaban J connectivity index is 2.05. The summed E-state index contributed by atoms with van der Waals surface area (Å²) in [7, 11) is 1.36. The molecule has 0 fully saturated rings. The summed E-state index contributed by atoms with van der Waals surface area (Å²) in [5.74, 6) is -0.384. The van der Waals surface area contributed by atoms with E-state index in [1.165, 1.54) is 7.11 Å². The lowest BCUT2D eigenvalue weighted by molar-refractivity contribution is 0.0920. The van der Waals surface area contributed by atoms with Crippen LogP contribution in [0.25, 0.3) is 0 Å². The summed E-state index contributed by atoms with van der Waals surface area (Å²) in [5.41, 5.74) is -0.384. The number of methoxy groups -OCH3 is 1. The third kappa shape index (κ3) is 2.78. The average molecular weight is 265 g/mol. The van der Waals surface area contributed by atoms with Crippen molar-refractivity contribution in [2.45, 2.75) is 6.54 Å². The molecule has 0 aromatic carbocycles. The topological polar surface area (TPSA) is 68.5 Å². The van der Waals surface area contributed by atoms with Gasteiger partial charge in [-0.2, -0.15) is 0 Å². The second-order valence-corrected chi connectivity index (χ2v) is 4.47. The lowest BCUT2D eigenvalue weighted by atomic mass is 10.3. The zero-order valence-electron chi connectivity index (χ0n) is 9.64. The predicted molar refractivity (Wildman–Crippen MR) is 67.0 cm³/mol. The lowest BCUT2D eigenvalue weighted by Gasteiger charge is -2.03. The molecule has 2 heterocycles. The summed E-state index contributed by atoms with van der Waals surface area (Å²) in [4.78, 5) is 24.2. The van der Waals surface area contributed by atoms with E-state index >= 15 is 0 Å². The van der Waals surface area contributed by atoms with E-state index in [1.807, 2.05) is 17.5 Å². The fourth-order valence-electron chi connectivity index (χ4n) is 1.33. The van der Waals surface area contributed by atoms with Crippen LogP contribution < -0.4 is 15.5 Å². The Hall–Kier alpha value is -2.08. The largest absolute Gasteiger partial charge is 0.490 e. The van der Waals surface area contributed by atoms with Gasteiger partial charge in [-0.3, -0.25) is 9.59 Å². The normalized spacial score (nSPS) is 10.1. The molecule has 0 saturated heterocycles. The molecule has 94 valence electrons. The van der Waals surface area contributed by atoms with Gasteiger partial charge in [0.15, 0.2) is 5.76 Å². The molecule has 2 rings (SSSR count). The molecular weight excluding hydrogens is 254 g/mol. The third-order valence-electron chi connectivity index (χ3n) is 2.24. The average Bonchev–Trinajstić information content (AvgIpc) is 2.89. The van der Waals surface area contributed by atoms with Crippen LogP contribution >= 0.6 is 11.3 Å². The van der Waals surface area contributed by atoms with Crippen molar-refractivity contribution in [3.63, 3.8) is 0 Å². The minimum absolute atomic E-state index is 0.0302. The standard InChI is InChI=1S/C12H11NO4S/c1-16-11-7-17-10(5-9(11)14)12(15)13-6-8-3-2-4-18-8/h2-5,7H,6H2,1H3,(H,13,15). The fourth-order valence-corrected chi connectivity index (χ4v) is 1.98. The number of amides is 1. The minimum Gasteiger partial charge on any atom is -0.490 e. The van der Waals surface area contributed by atoms with Gasteiger partial charge in [0.25, 0.3) is 5.91 Å². The van der Waals surface area contributed by atoms with Gasteiger partial charge in [-0.15, -0.1) is 11.3 Å². The maximum Gasteiger partial charge on any atom is 0.287 e. The highest BCUT2D eigenvalue weighted by Gasteiger charge is 2.11. The van der Waals surface area contributed by atoms with E-state index in [4.69, 9.17) is 9.15 Å². The van der Waals surface area contributed by atoms with Crippen LogP contribution in [0.5, 0.6) is 5.75 Å². The van der Waals surface area contributed by atoms with Crippen LogP contribution in [0, 0.1) is 0 Å². The highest BCUT2D eigenvalue weighted by Crippen LogP contribution is 2.09. The maximum absolute atomic E-state index is 11.7. The molecule has 5 nitrogen and oxygen atoms in total. The number of hydrogen-bond acceptors (Lipinski definition) is 5. The van der Waals surface area contributed by atoms with E-state index in [0.29, 0.717) is 6.54 Å². The molecular formula is C12H11NO4S. The number of nitrogens with one attached hydrogen (secondary N) is 1. The van der Waals surface area contributed by atoms with Crippen molar-refractivity contribution < 1.29 is 13.9 Å². The van der Waals surface area contributed by atoms with Gasteiger partial charge in [-0.1, -0.05) is 6.07 Å². The summed E-state index contributed by atoms with van der Waals surface area (Å²) in [6.45, 7) is 0.409. The molecule has 2 aromatic rings. The van der Waals surface area contributed by atoms with Gasteiger partial charge in [0, 0.05) is 10.9 Å². The van der Waals surface area contributed by atoms with Crippen LogP contribution in [0.3, 0.4) is 0 Å². The second kappa shape index (κ2) is 5.50. The Labute approximate surface area is 107 Å². The molecule has 1 N–H and O–H groups in total. The van der Waals surface area contributed by atoms with Gasteiger partial charge in [0.1, 0.15) is 6.26 Å². The zero-order chi connectivity index (χ0) is 13.0. The van der Waals surface area contributed by atoms with Gasteiger partial charge in [0.05, 0.1) is 13.7 Å². The van der Waals surface area contributed by atoms with Crippen molar-refractivity contribution in [1.82, 2.24) is 5.32 Å². The van der Waals surface area contributed by atoms with E-state index < -0.39 is 5.91 Å². The van der Waals surface area contributed by atoms with E-state index in [-0.39, 0.29) is 16.9 Å². The molecule has 0 aliphatic carbocycles. The van der Waals surface area contributed by atoms with Crippen LogP contribution in [-0.2, 0) is 6.54 Å². The number of carbonyl (C=O) groups is 1. The third-order valence-corrected chi connectivity index (χ3v) is 3.12. The zero-order valence-corrected chi connectivity index (χ0v) is 10.5. The lowest BCUT2D eigenvalue weighted by Crippen LogP contribution is -2.23. The van der Waals surface area contributed by atoms with Crippen molar-refractivity contribution in [2.24, 2.45) is 0 Å². The molecule has 0 aliphatic rings. The van der Waals surface area contributed by atoms with Crippen LogP contribution in [0.2, 0.25) is 0 Å². The molecule has 0 bridgehead atoms. The summed E-state index contributed by atoms with van der Waals surface area (Å²) in [5, 5.41) is 4.59. The summed E-state index contributed by atoms with van der Waals surface area (Å²) in [6, 6.07) is 4.93. The Morgan fingerprint density at radius 2 is 2.39 bits per heavy atom. The highest BCUT2D eigenvalue weighted by atomic mass is 32.1. The van der Waals surface area contributed by atoms with Crippen LogP contribution in [-0.4, -0.2) is 13.0 Å². The molecule has 0 unspecified atom stereocenters. The molecule has 2 aromatic heterocycles. The van der Waals surface area contributed by atoms with Crippen molar-refractivity contribution in [1.29, 1.82) is 0 Å². The van der Waals surface area contributed by atoms with Gasteiger partial charge in [0.2, 0.25) is 11.2 Å². The van der Waals surface area contributed by atoms with Crippen molar-refractivity contribution >= 4 is 17.2 Å². The molecule has 0 aliphatic heterocycles. The number of ether oxygens (including phenoxy) is 1. The monoisotopic (exact) mass is 265 g/mol. The van der Waals surface area contributed by atoms with Crippen molar-refractivity contribution in [3.05, 3.63) is 50.7 Å². The fraction of sp³-hybridized carbons (Fsp3) is 0.167. The summed E-state index contributed by atoms with van der Waals surface area (Å²) >= 11 is 1.54. The first kappa shape index (κ1) is 12.4. The molecule has 0 radical (unpaired) electrons. The Bertz CT molecular complexity index is 588. The molecule has 0 atom stereocenters. The number of carbonyl (C=O) groups excluding carboxylic acids is 1. The first-order chi connectivity index (χ1) is 8.70. The molecule has 6 heteroatoms. The van der Waals surface area contributed by atoms with Gasteiger partial charge >= 0.3 is 0 Å². The molecule has 1 amide bonds. The smallest absolute Gasteiger partial charge is 0.287 e. The van der Waals surface area contributed by atoms with Gasteiger partial charge in [-0.05, 0) is 11.4 Å². The second-order valence-electron chi connectivity index (χ2n) is 3.44. The Morgan fingerprint density at radius 1 is 1.56 bits per heavy atom. The molecule has 0 saturated carbocycles. The number of hydrogen-bond donors (Lipinski definition) is 1. The molecule has 0 spiro atoms. The van der Waals surface area contributed by atoms with E-state index in [9.17, 15) is 9.59 Å². The van der Waals surface area contributed by atoms with Crippen molar-refractivity contribution in [2.75, 3.05) is 7.11 Å². The van der Waals surface area contributed by atoms with Gasteiger partial charge < -0.3 is 14.5 Å². The first-order valence-electron chi connectivity index (χ1n) is 5.18. The van der Waals surface area contributed by atoms with Gasteiger partial charge in [-0.25, -0.2) is 0 Å². The summed E-state index contributed by atoms with van der Waals surface area (Å²) < 4.78 is 9.79. The predicted octanol–water partition coefficient (Wildman–Crippen LogP) is 1.64. The SMILES string of the molecule is COc1coc(C(=O)NCc2cccs2)cc1=O. The van der Waals surface area contributed by atoms with Crippen LogP contribution in [0.15, 0.2) is 39.1 Å². The van der Waals surface area contributed by atoms with Crippen LogP contribution in [0.1, 0.15) is 15.4 Å². The summed E-state index contributed by atoms with van der Waals surface area (Å²) in [6.07, 6.45) is 1.13. The Morgan fingerprint density at radius 3 is 3.00 bits per heavy atom. The first-order valence-corrected chi connectivity index (χ1v) is 6.06. The molecule has 18 heavy (non-hydrogen) atoms. The van der Waals surface area contributed by atoms with Crippen LogP contribution in [0.4, 0.5) is 0 Å². The number of thiophene rings is 1.